The summed E-state index contributed by atoms with van der Waals surface area (Å²) < 4.78 is 13.4. The highest BCUT2D eigenvalue weighted by Crippen LogP contribution is 2.27. The van der Waals surface area contributed by atoms with Crippen LogP contribution in [0, 0.1) is 18.7 Å². The fourth-order valence-electron chi connectivity index (χ4n) is 2.72. The highest BCUT2D eigenvalue weighted by Gasteiger charge is 2.16. The zero-order chi connectivity index (χ0) is 13.0. The molecule has 0 N–H and O–H groups in total. The molecule has 1 nitrogen and oxygen atoms in total. The Labute approximate surface area is 108 Å². The quantitative estimate of drug-likeness (QED) is 0.707. The molecule has 0 saturated heterocycles. The number of carbonyl (C=O) groups excluding carboxylic acids is 1. The van der Waals surface area contributed by atoms with Crippen molar-refractivity contribution in [1.82, 2.24) is 0 Å². The number of rotatable bonds is 4. The standard InChI is InChI=1S/C16H21FO/c1-12-7-9-14(11-15(12)17)16(18)10-8-13-5-3-2-4-6-13/h7,9,11,13H,2-6,8,10H2,1H3. The van der Waals surface area contributed by atoms with Crippen molar-refractivity contribution in [3.63, 3.8) is 0 Å². The van der Waals surface area contributed by atoms with Crippen LogP contribution in [0.2, 0.25) is 0 Å². The molecule has 0 atom stereocenters. The maximum atomic E-state index is 13.4. The van der Waals surface area contributed by atoms with Crippen molar-refractivity contribution in [2.45, 2.75) is 51.9 Å². The Bertz CT molecular complexity index is 419. The van der Waals surface area contributed by atoms with E-state index >= 15 is 0 Å². The van der Waals surface area contributed by atoms with Crippen molar-refractivity contribution in [3.8, 4) is 0 Å². The number of carbonyl (C=O) groups is 1. The Balaban J connectivity index is 1.88. The minimum absolute atomic E-state index is 0.0828. The summed E-state index contributed by atoms with van der Waals surface area (Å²) in [6, 6.07) is 4.79. The first-order chi connectivity index (χ1) is 8.66. The van der Waals surface area contributed by atoms with Crippen LogP contribution in [0.25, 0.3) is 0 Å². The van der Waals surface area contributed by atoms with Crippen LogP contribution in [0.4, 0.5) is 4.39 Å². The summed E-state index contributed by atoms with van der Waals surface area (Å²) in [4.78, 5) is 12.0. The summed E-state index contributed by atoms with van der Waals surface area (Å²) in [5.74, 6) is 0.510. The zero-order valence-corrected chi connectivity index (χ0v) is 11.0. The topological polar surface area (TPSA) is 17.1 Å². The number of aryl methyl sites for hydroxylation is 1. The number of Topliss-reactive ketones (excluding diaryl/α,β-unsaturated/α-hetero) is 1. The molecule has 0 unspecified atom stereocenters. The van der Waals surface area contributed by atoms with E-state index in [9.17, 15) is 9.18 Å². The number of hydrogen-bond donors (Lipinski definition) is 0. The van der Waals surface area contributed by atoms with Crippen molar-refractivity contribution in [2.75, 3.05) is 0 Å². The maximum absolute atomic E-state index is 13.4. The fourth-order valence-corrected chi connectivity index (χ4v) is 2.72. The van der Waals surface area contributed by atoms with Crippen LogP contribution in [-0.4, -0.2) is 5.78 Å². The number of ketones is 1. The monoisotopic (exact) mass is 248 g/mol. The van der Waals surface area contributed by atoms with Gasteiger partial charge in [-0.1, -0.05) is 44.2 Å². The van der Waals surface area contributed by atoms with E-state index in [0.29, 0.717) is 23.5 Å². The van der Waals surface area contributed by atoms with Gasteiger partial charge in [-0.25, -0.2) is 4.39 Å². The summed E-state index contributed by atoms with van der Waals surface area (Å²) in [5, 5.41) is 0. The van der Waals surface area contributed by atoms with E-state index in [4.69, 9.17) is 0 Å². The smallest absolute Gasteiger partial charge is 0.162 e. The molecule has 1 fully saturated rings. The third kappa shape index (κ3) is 3.41. The lowest BCUT2D eigenvalue weighted by molar-refractivity contribution is 0.0969. The molecule has 0 amide bonds. The van der Waals surface area contributed by atoms with Gasteiger partial charge in [0.2, 0.25) is 0 Å². The highest BCUT2D eigenvalue weighted by molar-refractivity contribution is 5.96. The molecular formula is C16H21FO. The molecule has 1 aliphatic carbocycles. The molecule has 2 rings (SSSR count). The lowest BCUT2D eigenvalue weighted by Gasteiger charge is -2.20. The van der Waals surface area contributed by atoms with Gasteiger partial charge in [0.25, 0.3) is 0 Å². The number of hydrogen-bond acceptors (Lipinski definition) is 1. The van der Waals surface area contributed by atoms with Gasteiger partial charge >= 0.3 is 0 Å². The van der Waals surface area contributed by atoms with Crippen LogP contribution in [0.1, 0.15) is 60.9 Å². The predicted molar refractivity (Wildman–Crippen MR) is 71.3 cm³/mol. The lowest BCUT2D eigenvalue weighted by atomic mass is 9.85. The van der Waals surface area contributed by atoms with Crippen molar-refractivity contribution in [1.29, 1.82) is 0 Å². The van der Waals surface area contributed by atoms with E-state index in [1.54, 1.807) is 19.1 Å². The van der Waals surface area contributed by atoms with Gasteiger partial charge in [-0.3, -0.25) is 4.79 Å². The summed E-state index contributed by atoms with van der Waals surface area (Å²) in [7, 11) is 0. The molecule has 1 aliphatic rings. The highest BCUT2D eigenvalue weighted by atomic mass is 19.1. The van der Waals surface area contributed by atoms with E-state index in [0.717, 1.165) is 6.42 Å². The average molecular weight is 248 g/mol. The molecule has 0 aromatic heterocycles. The van der Waals surface area contributed by atoms with Crippen molar-refractivity contribution in [2.24, 2.45) is 5.92 Å². The summed E-state index contributed by atoms with van der Waals surface area (Å²) in [6.45, 7) is 1.71. The van der Waals surface area contributed by atoms with Gasteiger partial charge in [0.15, 0.2) is 5.78 Å². The van der Waals surface area contributed by atoms with E-state index < -0.39 is 0 Å². The average Bonchev–Trinajstić information content (AvgIpc) is 2.40. The molecule has 1 aromatic carbocycles. The number of benzene rings is 1. The Morgan fingerprint density at radius 2 is 2.00 bits per heavy atom. The normalized spacial score (nSPS) is 16.8. The Morgan fingerprint density at radius 3 is 2.67 bits per heavy atom. The van der Waals surface area contributed by atoms with Gasteiger partial charge in [-0.2, -0.15) is 0 Å². The number of halogens is 1. The lowest BCUT2D eigenvalue weighted by Crippen LogP contribution is -2.09. The molecule has 2 heteroatoms. The first-order valence-electron chi connectivity index (χ1n) is 6.96. The Hall–Kier alpha value is -1.18. The van der Waals surface area contributed by atoms with Crippen LogP contribution in [0.3, 0.4) is 0 Å². The van der Waals surface area contributed by atoms with Crippen molar-refractivity contribution in [3.05, 3.63) is 35.1 Å². The molecule has 1 aromatic rings. The second-order valence-electron chi connectivity index (χ2n) is 5.43. The largest absolute Gasteiger partial charge is 0.294 e. The second-order valence-corrected chi connectivity index (χ2v) is 5.43. The van der Waals surface area contributed by atoms with Crippen LogP contribution in [-0.2, 0) is 0 Å². The zero-order valence-electron chi connectivity index (χ0n) is 11.0. The molecule has 18 heavy (non-hydrogen) atoms. The van der Waals surface area contributed by atoms with Gasteiger partial charge < -0.3 is 0 Å². The van der Waals surface area contributed by atoms with Gasteiger partial charge in [0.05, 0.1) is 0 Å². The molecular weight excluding hydrogens is 227 g/mol. The van der Waals surface area contributed by atoms with Crippen molar-refractivity contribution >= 4 is 5.78 Å². The molecule has 0 aliphatic heterocycles. The third-order valence-corrected chi connectivity index (χ3v) is 4.00. The minimum atomic E-state index is -0.279. The van der Waals surface area contributed by atoms with E-state index in [-0.39, 0.29) is 11.6 Å². The Kier molecular flexibility index (Phi) is 4.51. The van der Waals surface area contributed by atoms with E-state index in [2.05, 4.69) is 0 Å². The second kappa shape index (κ2) is 6.12. The van der Waals surface area contributed by atoms with Crippen molar-refractivity contribution < 1.29 is 9.18 Å². The molecule has 1 saturated carbocycles. The first kappa shape index (κ1) is 13.3. The minimum Gasteiger partial charge on any atom is -0.294 e. The molecule has 0 bridgehead atoms. The van der Waals surface area contributed by atoms with Crippen LogP contribution in [0.5, 0.6) is 0 Å². The molecule has 0 heterocycles. The maximum Gasteiger partial charge on any atom is 0.162 e. The van der Waals surface area contributed by atoms with E-state index in [1.165, 1.54) is 38.2 Å². The van der Waals surface area contributed by atoms with Gasteiger partial charge in [-0.05, 0) is 30.9 Å². The fraction of sp³-hybridized carbons (Fsp3) is 0.562. The summed E-state index contributed by atoms with van der Waals surface area (Å²) in [6.07, 6.45) is 8.00. The molecule has 0 spiro atoms. The van der Waals surface area contributed by atoms with Crippen LogP contribution < -0.4 is 0 Å². The van der Waals surface area contributed by atoms with E-state index in [1.807, 2.05) is 0 Å². The van der Waals surface area contributed by atoms with Gasteiger partial charge in [-0.15, -0.1) is 0 Å². The summed E-state index contributed by atoms with van der Waals surface area (Å²) in [5.41, 5.74) is 1.12. The van der Waals surface area contributed by atoms with Gasteiger partial charge in [0, 0.05) is 12.0 Å². The first-order valence-corrected chi connectivity index (χ1v) is 6.96. The summed E-state index contributed by atoms with van der Waals surface area (Å²) >= 11 is 0. The van der Waals surface area contributed by atoms with Crippen LogP contribution >= 0.6 is 0 Å². The predicted octanol–water partition coefficient (Wildman–Crippen LogP) is 4.68. The third-order valence-electron chi connectivity index (χ3n) is 4.00. The SMILES string of the molecule is Cc1ccc(C(=O)CCC2CCCCC2)cc1F. The Morgan fingerprint density at radius 1 is 1.28 bits per heavy atom. The van der Waals surface area contributed by atoms with Gasteiger partial charge in [0.1, 0.15) is 5.82 Å². The molecule has 98 valence electrons. The molecule has 0 radical (unpaired) electrons. The van der Waals surface area contributed by atoms with Crippen LogP contribution in [0.15, 0.2) is 18.2 Å².